The first-order valence-electron chi connectivity index (χ1n) is 9.80. The van der Waals surface area contributed by atoms with Crippen molar-refractivity contribution in [2.75, 3.05) is 25.9 Å². The molecule has 8 heteroatoms. The fraction of sp³-hybridized carbons (Fsp3) is 0.833. The normalized spacial score (nSPS) is 15.1. The van der Waals surface area contributed by atoms with E-state index in [0.29, 0.717) is 6.04 Å². The van der Waals surface area contributed by atoms with Crippen molar-refractivity contribution in [3.63, 3.8) is 0 Å². The molecule has 2 rings (SSSR count). The van der Waals surface area contributed by atoms with E-state index < -0.39 is 0 Å². The maximum atomic E-state index is 4.69. The van der Waals surface area contributed by atoms with Gasteiger partial charge in [0, 0.05) is 32.1 Å². The average molecular weight is 494 g/mol. The van der Waals surface area contributed by atoms with Crippen molar-refractivity contribution >= 4 is 41.7 Å². The van der Waals surface area contributed by atoms with Crippen molar-refractivity contribution in [1.29, 1.82) is 0 Å². The Kier molecular flexibility index (Phi) is 12.3. The molecule has 1 aromatic rings. The molecule has 1 heterocycles. The van der Waals surface area contributed by atoms with Crippen molar-refractivity contribution < 1.29 is 0 Å². The summed E-state index contributed by atoms with van der Waals surface area (Å²) in [6.45, 7) is 6.99. The zero-order chi connectivity index (χ0) is 17.9. The van der Waals surface area contributed by atoms with E-state index in [9.17, 15) is 0 Å². The molecule has 1 aliphatic carbocycles. The van der Waals surface area contributed by atoms with Gasteiger partial charge in [-0.25, -0.2) is 0 Å². The number of thioether (sulfide) groups is 1. The number of halogens is 1. The summed E-state index contributed by atoms with van der Waals surface area (Å²) in [5.74, 6) is 2.06. The Morgan fingerprint density at radius 2 is 1.96 bits per heavy atom. The summed E-state index contributed by atoms with van der Waals surface area (Å²) in [6.07, 6.45) is 11.6. The molecule has 0 atom stereocenters. The molecule has 1 fully saturated rings. The summed E-state index contributed by atoms with van der Waals surface area (Å²) in [5.41, 5.74) is 0. The molecule has 1 aromatic heterocycles. The molecule has 6 nitrogen and oxygen atoms in total. The molecular weight excluding hydrogens is 459 g/mol. The third kappa shape index (κ3) is 7.25. The van der Waals surface area contributed by atoms with Crippen LogP contribution in [-0.4, -0.2) is 46.6 Å². The third-order valence-electron chi connectivity index (χ3n) is 4.60. The monoisotopic (exact) mass is 494 g/mol. The first kappa shape index (κ1) is 23.5. The summed E-state index contributed by atoms with van der Waals surface area (Å²) in [6, 6.07) is 0.601. The number of rotatable bonds is 10. The minimum atomic E-state index is 0. The Hall–Kier alpha value is -0.510. The highest BCUT2D eigenvalue weighted by molar-refractivity contribution is 14.0. The number of hydrogen-bond donors (Lipinski definition) is 2. The van der Waals surface area contributed by atoms with Gasteiger partial charge >= 0.3 is 0 Å². The average Bonchev–Trinajstić information content (AvgIpc) is 3.27. The molecular formula is C18H35IN6S. The molecule has 0 saturated heterocycles. The number of unbranched alkanes of at least 4 members (excludes halogenated alkanes) is 1. The van der Waals surface area contributed by atoms with Gasteiger partial charge in [-0.3, -0.25) is 4.99 Å². The summed E-state index contributed by atoms with van der Waals surface area (Å²) in [5, 5.41) is 16.6. The van der Waals surface area contributed by atoms with Crippen LogP contribution in [0.25, 0.3) is 0 Å². The molecule has 150 valence electrons. The SMILES string of the molecule is CCCCNC(=NCCCc1nnc(SC)n1C1CCCC1)NCC.I. The number of hydrogen-bond acceptors (Lipinski definition) is 4. The van der Waals surface area contributed by atoms with Gasteiger partial charge in [-0.1, -0.05) is 37.9 Å². The minimum absolute atomic E-state index is 0. The Labute approximate surface area is 179 Å². The van der Waals surface area contributed by atoms with Crippen LogP contribution in [0, 0.1) is 0 Å². The van der Waals surface area contributed by atoms with Crippen molar-refractivity contribution in [3.05, 3.63) is 5.82 Å². The van der Waals surface area contributed by atoms with Gasteiger partial charge in [-0.05, 0) is 38.9 Å². The maximum absolute atomic E-state index is 4.69. The predicted molar refractivity (Wildman–Crippen MR) is 122 cm³/mol. The Bertz CT molecular complexity index is 528. The van der Waals surface area contributed by atoms with Crippen LogP contribution in [0.3, 0.4) is 0 Å². The topological polar surface area (TPSA) is 67.1 Å². The standard InChI is InChI=1S/C18H34N6S.HI/c1-4-6-13-20-17(19-5-2)21-14-9-12-16-22-23-18(25-3)24(16)15-10-7-8-11-15;/h15H,4-14H2,1-3H3,(H2,19,20,21);1H. The Balaban J connectivity index is 0.00000338. The predicted octanol–water partition coefficient (Wildman–Crippen LogP) is 4.02. The van der Waals surface area contributed by atoms with E-state index in [2.05, 4.69) is 50.5 Å². The van der Waals surface area contributed by atoms with Gasteiger partial charge in [0.2, 0.25) is 0 Å². The lowest BCUT2D eigenvalue weighted by Gasteiger charge is -2.16. The quantitative estimate of drug-likeness (QED) is 0.169. The second-order valence-electron chi connectivity index (χ2n) is 6.56. The lowest BCUT2D eigenvalue weighted by atomic mass is 10.2. The van der Waals surface area contributed by atoms with E-state index in [0.717, 1.165) is 49.4 Å². The van der Waals surface area contributed by atoms with Crippen LogP contribution >= 0.6 is 35.7 Å². The van der Waals surface area contributed by atoms with E-state index in [1.165, 1.54) is 38.5 Å². The van der Waals surface area contributed by atoms with Crippen LogP contribution < -0.4 is 10.6 Å². The van der Waals surface area contributed by atoms with Crippen LogP contribution in [-0.2, 0) is 6.42 Å². The molecule has 0 aromatic carbocycles. The Morgan fingerprint density at radius 3 is 2.62 bits per heavy atom. The number of aromatic nitrogens is 3. The molecule has 0 aliphatic heterocycles. The second kappa shape index (κ2) is 13.6. The highest BCUT2D eigenvalue weighted by Crippen LogP contribution is 2.33. The van der Waals surface area contributed by atoms with E-state index >= 15 is 0 Å². The first-order valence-corrected chi connectivity index (χ1v) is 11.0. The van der Waals surface area contributed by atoms with Crippen LogP contribution in [0.5, 0.6) is 0 Å². The van der Waals surface area contributed by atoms with Crippen molar-refractivity contribution in [3.8, 4) is 0 Å². The molecule has 0 spiro atoms. The maximum Gasteiger partial charge on any atom is 0.191 e. The van der Waals surface area contributed by atoms with E-state index in [4.69, 9.17) is 0 Å². The Morgan fingerprint density at radius 1 is 1.19 bits per heavy atom. The molecule has 0 unspecified atom stereocenters. The van der Waals surface area contributed by atoms with Crippen molar-refractivity contribution in [2.24, 2.45) is 4.99 Å². The molecule has 1 saturated carbocycles. The lowest BCUT2D eigenvalue weighted by Crippen LogP contribution is -2.37. The van der Waals surface area contributed by atoms with Gasteiger partial charge in [-0.2, -0.15) is 0 Å². The molecule has 0 bridgehead atoms. The molecule has 1 aliphatic rings. The van der Waals surface area contributed by atoms with Gasteiger partial charge in [0.1, 0.15) is 5.82 Å². The molecule has 2 N–H and O–H groups in total. The summed E-state index contributed by atoms with van der Waals surface area (Å²) in [7, 11) is 0. The molecule has 26 heavy (non-hydrogen) atoms. The third-order valence-corrected chi connectivity index (χ3v) is 5.25. The van der Waals surface area contributed by atoms with E-state index in [1.54, 1.807) is 11.8 Å². The molecule has 0 amide bonds. The van der Waals surface area contributed by atoms with Gasteiger partial charge in [0.25, 0.3) is 0 Å². The largest absolute Gasteiger partial charge is 0.357 e. The van der Waals surface area contributed by atoms with Crippen LogP contribution in [0.2, 0.25) is 0 Å². The van der Waals surface area contributed by atoms with Crippen LogP contribution in [0.4, 0.5) is 0 Å². The highest BCUT2D eigenvalue weighted by atomic mass is 127. The van der Waals surface area contributed by atoms with E-state index in [1.807, 2.05) is 0 Å². The summed E-state index contributed by atoms with van der Waals surface area (Å²) in [4.78, 5) is 4.69. The van der Waals surface area contributed by atoms with Gasteiger partial charge in [-0.15, -0.1) is 34.2 Å². The summed E-state index contributed by atoms with van der Waals surface area (Å²) >= 11 is 1.71. The minimum Gasteiger partial charge on any atom is -0.357 e. The van der Waals surface area contributed by atoms with E-state index in [-0.39, 0.29) is 24.0 Å². The zero-order valence-corrected chi connectivity index (χ0v) is 19.6. The van der Waals surface area contributed by atoms with Crippen LogP contribution in [0.1, 0.15) is 70.7 Å². The second-order valence-corrected chi connectivity index (χ2v) is 7.33. The van der Waals surface area contributed by atoms with Gasteiger partial charge < -0.3 is 15.2 Å². The number of aryl methyl sites for hydroxylation is 1. The fourth-order valence-electron chi connectivity index (χ4n) is 3.30. The highest BCUT2D eigenvalue weighted by Gasteiger charge is 2.23. The zero-order valence-electron chi connectivity index (χ0n) is 16.5. The number of aliphatic imine (C=N–C) groups is 1. The summed E-state index contributed by atoms with van der Waals surface area (Å²) < 4.78 is 2.39. The lowest BCUT2D eigenvalue weighted by molar-refractivity contribution is 0.461. The fourth-order valence-corrected chi connectivity index (χ4v) is 3.87. The van der Waals surface area contributed by atoms with Gasteiger partial charge in [0.15, 0.2) is 11.1 Å². The van der Waals surface area contributed by atoms with Crippen molar-refractivity contribution in [1.82, 2.24) is 25.4 Å². The number of nitrogens with zero attached hydrogens (tertiary/aromatic N) is 4. The van der Waals surface area contributed by atoms with Crippen LogP contribution in [0.15, 0.2) is 10.1 Å². The van der Waals surface area contributed by atoms with Gasteiger partial charge in [0.05, 0.1) is 0 Å². The smallest absolute Gasteiger partial charge is 0.191 e. The number of nitrogens with one attached hydrogen (secondary N) is 2. The first-order chi connectivity index (χ1) is 12.3. The van der Waals surface area contributed by atoms with Crippen molar-refractivity contribution in [2.45, 2.75) is 76.4 Å². The molecule has 0 radical (unpaired) electrons. The number of guanidine groups is 1.